The highest BCUT2D eigenvalue weighted by atomic mass is 16.5. The van der Waals surface area contributed by atoms with Gasteiger partial charge >= 0.3 is 5.97 Å². The van der Waals surface area contributed by atoms with Crippen molar-refractivity contribution in [3.05, 3.63) is 70.8 Å². The van der Waals surface area contributed by atoms with Crippen LogP contribution in [0.25, 0.3) is 11.6 Å². The van der Waals surface area contributed by atoms with Gasteiger partial charge in [-0.15, -0.1) is 0 Å². The molecule has 1 aliphatic carbocycles. The molecule has 34 heavy (non-hydrogen) atoms. The number of aryl methyl sites for hydroxylation is 2. The summed E-state index contributed by atoms with van der Waals surface area (Å²) in [5.74, 6) is 0.240. The van der Waals surface area contributed by atoms with E-state index >= 15 is 0 Å². The Labute approximate surface area is 207 Å². The summed E-state index contributed by atoms with van der Waals surface area (Å²) in [5.41, 5.74) is 6.81. The molecule has 0 fully saturated rings. The monoisotopic (exact) mass is 460 g/mol. The molecule has 1 atom stereocenters. The standard InChI is InChI=1S/C32H44O2/c1-24(23-31(2,3)4)32(5,6)30(33)34-20-12-8-9-13-25-16-17-29-22-28(19-18-27(29)21-25)26-14-10-7-11-15-26/h7,10-11,14-17,21-22,24H,8-9,12-13,18-20,23H2,1-6H3. The molecule has 0 radical (unpaired) electrons. The van der Waals surface area contributed by atoms with Crippen LogP contribution in [0.15, 0.2) is 48.5 Å². The lowest BCUT2D eigenvalue weighted by atomic mass is 9.72. The molecule has 2 heteroatoms. The minimum absolute atomic E-state index is 0.0538. The first-order chi connectivity index (χ1) is 16.1. The maximum atomic E-state index is 12.7. The minimum atomic E-state index is -0.439. The fraction of sp³-hybridized carbons (Fsp3) is 0.531. The highest BCUT2D eigenvalue weighted by molar-refractivity contribution is 5.84. The van der Waals surface area contributed by atoms with Gasteiger partial charge in [-0.2, -0.15) is 0 Å². The summed E-state index contributed by atoms with van der Waals surface area (Å²) in [5, 5.41) is 0. The van der Waals surface area contributed by atoms with E-state index in [1.165, 1.54) is 27.8 Å². The van der Waals surface area contributed by atoms with Crippen molar-refractivity contribution in [3.8, 4) is 0 Å². The molecule has 0 aromatic heterocycles. The van der Waals surface area contributed by atoms with Gasteiger partial charge in [-0.25, -0.2) is 0 Å². The predicted molar refractivity (Wildman–Crippen MR) is 145 cm³/mol. The van der Waals surface area contributed by atoms with Crippen molar-refractivity contribution < 1.29 is 9.53 Å². The number of esters is 1. The summed E-state index contributed by atoms with van der Waals surface area (Å²) < 4.78 is 5.67. The number of ether oxygens (including phenoxy) is 1. The molecule has 1 unspecified atom stereocenters. The summed E-state index contributed by atoms with van der Waals surface area (Å²) in [6.45, 7) is 13.4. The van der Waals surface area contributed by atoms with E-state index in [1.807, 2.05) is 13.8 Å². The zero-order valence-electron chi connectivity index (χ0n) is 22.2. The van der Waals surface area contributed by atoms with Gasteiger partial charge in [0.05, 0.1) is 12.0 Å². The van der Waals surface area contributed by atoms with Gasteiger partial charge in [0, 0.05) is 0 Å². The van der Waals surface area contributed by atoms with Gasteiger partial charge in [-0.1, -0.05) is 82.3 Å². The topological polar surface area (TPSA) is 26.3 Å². The van der Waals surface area contributed by atoms with E-state index in [0.717, 1.165) is 44.9 Å². The Bertz CT molecular complexity index is 976. The first-order valence-electron chi connectivity index (χ1n) is 13.1. The van der Waals surface area contributed by atoms with Crippen molar-refractivity contribution in [1.82, 2.24) is 0 Å². The SMILES string of the molecule is CC(CC(C)(C)C)C(C)(C)C(=O)OCCCCCc1ccc2c(c1)CCC(c1ccccc1)=C2. The summed E-state index contributed by atoms with van der Waals surface area (Å²) >= 11 is 0. The van der Waals surface area contributed by atoms with Crippen LogP contribution in [0.4, 0.5) is 0 Å². The first kappa shape index (κ1) is 26.3. The van der Waals surface area contributed by atoms with Crippen molar-refractivity contribution in [1.29, 1.82) is 0 Å². The van der Waals surface area contributed by atoms with Gasteiger partial charge in [0.2, 0.25) is 0 Å². The Morgan fingerprint density at radius 3 is 2.38 bits per heavy atom. The minimum Gasteiger partial charge on any atom is -0.465 e. The Hall–Kier alpha value is -2.35. The molecule has 3 rings (SSSR count). The van der Waals surface area contributed by atoms with E-state index < -0.39 is 5.41 Å². The van der Waals surface area contributed by atoms with Crippen LogP contribution in [0.3, 0.4) is 0 Å². The molecule has 1 aliphatic rings. The van der Waals surface area contributed by atoms with Gasteiger partial charge in [-0.3, -0.25) is 4.79 Å². The Morgan fingerprint density at radius 2 is 1.68 bits per heavy atom. The molecule has 184 valence electrons. The second-order valence-electron chi connectivity index (χ2n) is 11.9. The van der Waals surface area contributed by atoms with Crippen molar-refractivity contribution in [2.24, 2.45) is 16.7 Å². The van der Waals surface area contributed by atoms with Crippen LogP contribution in [-0.4, -0.2) is 12.6 Å². The molecule has 0 aliphatic heterocycles. The van der Waals surface area contributed by atoms with E-state index in [9.17, 15) is 4.79 Å². The molecular weight excluding hydrogens is 416 g/mol. The van der Waals surface area contributed by atoms with Gasteiger partial charge in [0.25, 0.3) is 0 Å². The van der Waals surface area contributed by atoms with E-state index in [-0.39, 0.29) is 11.4 Å². The summed E-state index contributed by atoms with van der Waals surface area (Å²) in [6, 6.07) is 17.7. The van der Waals surface area contributed by atoms with Crippen LogP contribution in [0.1, 0.15) is 95.9 Å². The lowest BCUT2D eigenvalue weighted by Crippen LogP contribution is -2.35. The van der Waals surface area contributed by atoms with Crippen LogP contribution >= 0.6 is 0 Å². The van der Waals surface area contributed by atoms with Gasteiger partial charge < -0.3 is 4.74 Å². The number of fused-ring (bicyclic) bond motifs is 1. The highest BCUT2D eigenvalue weighted by Gasteiger charge is 2.37. The van der Waals surface area contributed by atoms with Gasteiger partial charge in [0.15, 0.2) is 0 Å². The van der Waals surface area contributed by atoms with Crippen LogP contribution < -0.4 is 0 Å². The quantitative estimate of drug-likeness (QED) is 0.262. The molecule has 0 saturated carbocycles. The van der Waals surface area contributed by atoms with Crippen molar-refractivity contribution in [2.45, 2.75) is 86.5 Å². The third kappa shape index (κ3) is 7.32. The zero-order valence-corrected chi connectivity index (χ0v) is 22.2. The first-order valence-corrected chi connectivity index (χ1v) is 13.1. The number of allylic oxidation sites excluding steroid dienone is 1. The Morgan fingerprint density at radius 1 is 0.941 bits per heavy atom. The fourth-order valence-corrected chi connectivity index (χ4v) is 4.91. The molecule has 0 spiro atoms. The van der Waals surface area contributed by atoms with E-state index in [4.69, 9.17) is 4.74 Å². The van der Waals surface area contributed by atoms with Crippen molar-refractivity contribution in [3.63, 3.8) is 0 Å². The third-order valence-corrected chi connectivity index (χ3v) is 7.36. The maximum Gasteiger partial charge on any atom is 0.311 e. The molecular formula is C32H44O2. The highest BCUT2D eigenvalue weighted by Crippen LogP contribution is 2.37. The van der Waals surface area contributed by atoms with Crippen LogP contribution in [0.2, 0.25) is 0 Å². The number of hydrogen-bond acceptors (Lipinski definition) is 2. The molecule has 0 saturated heterocycles. The van der Waals surface area contributed by atoms with Crippen molar-refractivity contribution in [2.75, 3.05) is 6.61 Å². The zero-order chi connectivity index (χ0) is 24.8. The second kappa shape index (κ2) is 11.4. The second-order valence-corrected chi connectivity index (χ2v) is 11.9. The van der Waals surface area contributed by atoms with E-state index in [1.54, 1.807) is 0 Å². The summed E-state index contributed by atoms with van der Waals surface area (Å²) in [7, 11) is 0. The maximum absolute atomic E-state index is 12.7. The molecule has 0 heterocycles. The van der Waals surface area contributed by atoms with Crippen molar-refractivity contribution >= 4 is 17.6 Å². The number of unbranched alkanes of at least 4 members (excludes halogenated alkanes) is 2. The fourth-order valence-electron chi connectivity index (χ4n) is 4.91. The molecule has 2 aromatic rings. The van der Waals surface area contributed by atoms with E-state index in [0.29, 0.717) is 12.5 Å². The lowest BCUT2D eigenvalue weighted by Gasteiger charge is -2.34. The van der Waals surface area contributed by atoms with Gasteiger partial charge in [0.1, 0.15) is 0 Å². The average Bonchev–Trinajstić information content (AvgIpc) is 2.80. The van der Waals surface area contributed by atoms with E-state index in [2.05, 4.69) is 82.3 Å². The molecule has 0 amide bonds. The number of benzene rings is 2. The Kier molecular flexibility index (Phi) is 8.79. The summed E-state index contributed by atoms with van der Waals surface area (Å²) in [4.78, 5) is 12.7. The predicted octanol–water partition coefficient (Wildman–Crippen LogP) is 8.53. The average molecular weight is 461 g/mol. The Balaban J connectivity index is 1.41. The van der Waals surface area contributed by atoms with Crippen LogP contribution in [0.5, 0.6) is 0 Å². The number of rotatable bonds is 10. The number of carbonyl (C=O) groups excluding carboxylic acids is 1. The summed E-state index contributed by atoms with van der Waals surface area (Å²) in [6.07, 6.45) is 9.83. The number of carbonyl (C=O) groups is 1. The largest absolute Gasteiger partial charge is 0.465 e. The van der Waals surface area contributed by atoms with Gasteiger partial charge in [-0.05, 0) is 98.0 Å². The molecule has 0 bridgehead atoms. The number of hydrogen-bond donors (Lipinski definition) is 0. The molecule has 0 N–H and O–H groups in total. The smallest absolute Gasteiger partial charge is 0.311 e. The van der Waals surface area contributed by atoms with Crippen LogP contribution in [0, 0.1) is 16.7 Å². The normalized spacial score (nSPS) is 14.8. The van der Waals surface area contributed by atoms with Crippen LogP contribution in [-0.2, 0) is 22.4 Å². The molecule has 2 nitrogen and oxygen atoms in total. The lowest BCUT2D eigenvalue weighted by molar-refractivity contribution is -0.157. The molecule has 2 aromatic carbocycles. The third-order valence-electron chi connectivity index (χ3n) is 7.36.